The van der Waals surface area contributed by atoms with Gasteiger partial charge in [-0.25, -0.2) is 4.79 Å². The van der Waals surface area contributed by atoms with E-state index in [1.54, 1.807) is 18.3 Å². The predicted octanol–water partition coefficient (Wildman–Crippen LogP) is 2.54. The third kappa shape index (κ3) is 2.08. The number of carbonyl (C=O) groups excluding carboxylic acids is 1. The molecular weight excluding hydrogens is 202 g/mol. The van der Waals surface area contributed by atoms with E-state index in [1.165, 1.54) is 7.11 Å². The molecule has 0 radical (unpaired) electrons. The van der Waals surface area contributed by atoms with Crippen LogP contribution >= 0.6 is 0 Å². The minimum absolute atomic E-state index is 0.348. The molecule has 16 heavy (non-hydrogen) atoms. The van der Waals surface area contributed by atoms with Crippen LogP contribution in [0.3, 0.4) is 0 Å². The predicted molar refractivity (Wildman–Crippen MR) is 61.0 cm³/mol. The van der Waals surface area contributed by atoms with E-state index in [0.29, 0.717) is 5.56 Å². The van der Waals surface area contributed by atoms with Crippen molar-refractivity contribution in [2.45, 2.75) is 0 Å². The zero-order valence-electron chi connectivity index (χ0n) is 8.88. The molecule has 3 nitrogen and oxygen atoms in total. The molecule has 0 saturated heterocycles. The molecule has 0 aliphatic carbocycles. The van der Waals surface area contributed by atoms with Crippen molar-refractivity contribution < 1.29 is 9.53 Å². The Kier molecular flexibility index (Phi) is 2.96. The lowest BCUT2D eigenvalue weighted by atomic mass is 10.1. The van der Waals surface area contributed by atoms with Crippen LogP contribution in [0.5, 0.6) is 0 Å². The average molecular weight is 213 g/mol. The van der Waals surface area contributed by atoms with Crippen molar-refractivity contribution in [3.8, 4) is 11.3 Å². The molecule has 2 aromatic rings. The van der Waals surface area contributed by atoms with Crippen LogP contribution in [0.4, 0.5) is 0 Å². The normalized spacial score (nSPS) is 9.81. The van der Waals surface area contributed by atoms with Crippen LogP contribution in [0.25, 0.3) is 11.3 Å². The third-order valence-electron chi connectivity index (χ3n) is 2.25. The van der Waals surface area contributed by atoms with Crippen molar-refractivity contribution in [1.82, 2.24) is 4.98 Å². The van der Waals surface area contributed by atoms with Gasteiger partial charge in [0, 0.05) is 11.8 Å². The lowest BCUT2D eigenvalue weighted by molar-refractivity contribution is 0.0600. The smallest absolute Gasteiger partial charge is 0.337 e. The molecular formula is C13H11NO2. The second kappa shape index (κ2) is 4.57. The Balaban J connectivity index is 2.40. The van der Waals surface area contributed by atoms with Gasteiger partial charge in [0.05, 0.1) is 18.4 Å². The van der Waals surface area contributed by atoms with E-state index in [2.05, 4.69) is 9.72 Å². The highest BCUT2D eigenvalue weighted by Gasteiger charge is 2.07. The first-order valence-corrected chi connectivity index (χ1v) is 4.91. The van der Waals surface area contributed by atoms with Crippen molar-refractivity contribution in [3.63, 3.8) is 0 Å². The number of rotatable bonds is 2. The minimum Gasteiger partial charge on any atom is -0.465 e. The first-order valence-electron chi connectivity index (χ1n) is 4.91. The van der Waals surface area contributed by atoms with Gasteiger partial charge < -0.3 is 4.74 Å². The van der Waals surface area contributed by atoms with Crippen LogP contribution in [-0.4, -0.2) is 18.1 Å². The Bertz CT molecular complexity index is 494. The van der Waals surface area contributed by atoms with E-state index in [4.69, 9.17) is 0 Å². The highest BCUT2D eigenvalue weighted by Crippen LogP contribution is 2.17. The zero-order valence-corrected chi connectivity index (χ0v) is 8.88. The summed E-state index contributed by atoms with van der Waals surface area (Å²) < 4.78 is 4.66. The standard InChI is InChI=1S/C13H11NO2/c1-16-13(15)11-7-8-14-12(9-11)10-5-3-2-4-6-10/h2-9H,1H3. The summed E-state index contributed by atoms with van der Waals surface area (Å²) in [6.45, 7) is 0. The fourth-order valence-corrected chi connectivity index (χ4v) is 1.44. The maximum atomic E-state index is 11.3. The number of hydrogen-bond donors (Lipinski definition) is 0. The molecule has 0 spiro atoms. The minimum atomic E-state index is -0.348. The highest BCUT2D eigenvalue weighted by molar-refractivity contribution is 5.90. The maximum absolute atomic E-state index is 11.3. The molecule has 2 rings (SSSR count). The average Bonchev–Trinajstić information content (AvgIpc) is 2.39. The molecule has 1 aromatic carbocycles. The van der Waals surface area contributed by atoms with Gasteiger partial charge in [0.2, 0.25) is 0 Å². The second-order valence-corrected chi connectivity index (χ2v) is 3.29. The summed E-state index contributed by atoms with van der Waals surface area (Å²) in [6, 6.07) is 13.1. The van der Waals surface area contributed by atoms with Crippen molar-refractivity contribution in [2.24, 2.45) is 0 Å². The summed E-state index contributed by atoms with van der Waals surface area (Å²) in [7, 11) is 1.37. The number of methoxy groups -OCH3 is 1. The highest BCUT2D eigenvalue weighted by atomic mass is 16.5. The van der Waals surface area contributed by atoms with Gasteiger partial charge in [-0.2, -0.15) is 0 Å². The molecule has 0 saturated carbocycles. The molecule has 3 heteroatoms. The van der Waals surface area contributed by atoms with Crippen LogP contribution in [0.2, 0.25) is 0 Å². The Labute approximate surface area is 93.7 Å². The number of nitrogens with zero attached hydrogens (tertiary/aromatic N) is 1. The zero-order chi connectivity index (χ0) is 11.4. The molecule has 0 bridgehead atoms. The molecule has 0 aliphatic rings. The van der Waals surface area contributed by atoms with Crippen molar-refractivity contribution in [3.05, 3.63) is 54.2 Å². The lowest BCUT2D eigenvalue weighted by Crippen LogP contribution is -2.01. The largest absolute Gasteiger partial charge is 0.465 e. The summed E-state index contributed by atoms with van der Waals surface area (Å²) in [5, 5.41) is 0. The van der Waals surface area contributed by atoms with Gasteiger partial charge >= 0.3 is 5.97 Å². The van der Waals surface area contributed by atoms with E-state index in [1.807, 2.05) is 30.3 Å². The van der Waals surface area contributed by atoms with Crippen LogP contribution in [0.1, 0.15) is 10.4 Å². The Hall–Kier alpha value is -2.16. The summed E-state index contributed by atoms with van der Waals surface area (Å²) in [4.78, 5) is 15.6. The fraction of sp³-hybridized carbons (Fsp3) is 0.0769. The van der Waals surface area contributed by atoms with Gasteiger partial charge in [-0.1, -0.05) is 30.3 Å². The van der Waals surface area contributed by atoms with Gasteiger partial charge in [0.1, 0.15) is 0 Å². The lowest BCUT2D eigenvalue weighted by Gasteiger charge is -2.02. The van der Waals surface area contributed by atoms with E-state index >= 15 is 0 Å². The molecule has 0 unspecified atom stereocenters. The van der Waals surface area contributed by atoms with Crippen LogP contribution in [0.15, 0.2) is 48.7 Å². The van der Waals surface area contributed by atoms with Gasteiger partial charge in [-0.15, -0.1) is 0 Å². The number of ether oxygens (including phenoxy) is 1. The molecule has 0 N–H and O–H groups in total. The first kappa shape index (κ1) is 10.4. The SMILES string of the molecule is COC(=O)c1ccnc(-c2ccccc2)c1. The summed E-state index contributed by atoms with van der Waals surface area (Å²) >= 11 is 0. The monoisotopic (exact) mass is 213 g/mol. The third-order valence-corrected chi connectivity index (χ3v) is 2.25. The molecule has 1 aromatic heterocycles. The van der Waals surface area contributed by atoms with Crippen LogP contribution < -0.4 is 0 Å². The van der Waals surface area contributed by atoms with Crippen molar-refractivity contribution in [2.75, 3.05) is 7.11 Å². The molecule has 0 atom stereocenters. The van der Waals surface area contributed by atoms with E-state index in [0.717, 1.165) is 11.3 Å². The van der Waals surface area contributed by atoms with E-state index in [-0.39, 0.29) is 5.97 Å². The summed E-state index contributed by atoms with van der Waals surface area (Å²) in [6.07, 6.45) is 1.61. The molecule has 0 amide bonds. The summed E-state index contributed by atoms with van der Waals surface area (Å²) in [5.41, 5.74) is 2.26. The maximum Gasteiger partial charge on any atom is 0.337 e. The van der Waals surface area contributed by atoms with E-state index in [9.17, 15) is 4.79 Å². The topological polar surface area (TPSA) is 39.2 Å². The Morgan fingerprint density at radius 1 is 1.19 bits per heavy atom. The second-order valence-electron chi connectivity index (χ2n) is 3.29. The number of pyridine rings is 1. The number of carbonyl (C=O) groups is 1. The number of aromatic nitrogens is 1. The van der Waals surface area contributed by atoms with Crippen LogP contribution in [-0.2, 0) is 4.74 Å². The van der Waals surface area contributed by atoms with Gasteiger partial charge in [0.15, 0.2) is 0 Å². The molecule has 80 valence electrons. The molecule has 0 aliphatic heterocycles. The quantitative estimate of drug-likeness (QED) is 0.719. The Morgan fingerprint density at radius 3 is 2.62 bits per heavy atom. The summed E-state index contributed by atoms with van der Waals surface area (Å²) in [5.74, 6) is -0.348. The Morgan fingerprint density at radius 2 is 1.94 bits per heavy atom. The van der Waals surface area contributed by atoms with Crippen LogP contribution in [0, 0.1) is 0 Å². The van der Waals surface area contributed by atoms with Gasteiger partial charge in [0.25, 0.3) is 0 Å². The van der Waals surface area contributed by atoms with Crippen molar-refractivity contribution in [1.29, 1.82) is 0 Å². The number of hydrogen-bond acceptors (Lipinski definition) is 3. The van der Waals surface area contributed by atoms with Gasteiger partial charge in [-0.05, 0) is 12.1 Å². The van der Waals surface area contributed by atoms with E-state index < -0.39 is 0 Å². The molecule has 1 heterocycles. The van der Waals surface area contributed by atoms with Gasteiger partial charge in [-0.3, -0.25) is 4.98 Å². The van der Waals surface area contributed by atoms with Crippen molar-refractivity contribution >= 4 is 5.97 Å². The molecule has 0 fully saturated rings. The fourth-order valence-electron chi connectivity index (χ4n) is 1.44. The number of benzene rings is 1. The number of esters is 1. The first-order chi connectivity index (χ1) is 7.81.